The third-order valence-electron chi connectivity index (χ3n) is 2.89. The van der Waals surface area contributed by atoms with Crippen LogP contribution in [0.4, 0.5) is 0 Å². The molecule has 1 aromatic rings. The van der Waals surface area contributed by atoms with Crippen molar-refractivity contribution in [2.24, 2.45) is 5.73 Å². The molecular weight excluding hydrogens is 196 g/mol. The number of thiazole rings is 1. The van der Waals surface area contributed by atoms with Crippen molar-refractivity contribution in [2.75, 3.05) is 6.61 Å². The summed E-state index contributed by atoms with van der Waals surface area (Å²) in [5.41, 5.74) is 7.16. The lowest BCUT2D eigenvalue weighted by atomic mass is 9.90. The number of ether oxygens (including phenoxy) is 1. The quantitative estimate of drug-likeness (QED) is 0.808. The Morgan fingerprint density at radius 3 is 3.07 bits per heavy atom. The molecular formula is C10H16N2OS. The van der Waals surface area contributed by atoms with Crippen molar-refractivity contribution in [2.45, 2.75) is 38.3 Å². The molecule has 2 heterocycles. The maximum atomic E-state index is 6.29. The van der Waals surface area contributed by atoms with Gasteiger partial charge in [-0.3, -0.25) is 0 Å². The molecule has 1 aliphatic rings. The summed E-state index contributed by atoms with van der Waals surface area (Å²) >= 11 is 1.69. The minimum Gasteiger partial charge on any atom is -0.377 e. The molecule has 0 bridgehead atoms. The molecule has 0 amide bonds. The molecule has 0 spiro atoms. The van der Waals surface area contributed by atoms with Crippen molar-refractivity contribution in [1.82, 2.24) is 4.98 Å². The molecule has 0 radical (unpaired) electrons. The Balaban J connectivity index is 2.10. The summed E-state index contributed by atoms with van der Waals surface area (Å²) in [6, 6.07) is 0. The van der Waals surface area contributed by atoms with E-state index in [-0.39, 0.29) is 11.6 Å². The van der Waals surface area contributed by atoms with Gasteiger partial charge in [0, 0.05) is 24.1 Å². The van der Waals surface area contributed by atoms with Crippen LogP contribution in [0, 0.1) is 6.92 Å². The summed E-state index contributed by atoms with van der Waals surface area (Å²) < 4.78 is 5.50. The Bertz CT molecular complexity index is 326. The van der Waals surface area contributed by atoms with Gasteiger partial charge in [-0.25, -0.2) is 4.98 Å². The molecule has 2 rings (SSSR count). The zero-order chi connectivity index (χ0) is 10.2. The second-order valence-corrected chi connectivity index (χ2v) is 5.00. The SMILES string of the molecule is Cc1csc(CC2(N)CCOC2C)n1. The highest BCUT2D eigenvalue weighted by molar-refractivity contribution is 7.09. The molecule has 0 saturated carbocycles. The maximum Gasteiger partial charge on any atom is 0.0947 e. The molecule has 0 aromatic carbocycles. The van der Waals surface area contributed by atoms with E-state index in [9.17, 15) is 0 Å². The maximum absolute atomic E-state index is 6.29. The Hall–Kier alpha value is -0.450. The van der Waals surface area contributed by atoms with E-state index in [2.05, 4.69) is 10.4 Å². The van der Waals surface area contributed by atoms with Crippen LogP contribution in [0.15, 0.2) is 5.38 Å². The smallest absolute Gasteiger partial charge is 0.0947 e. The first-order valence-electron chi connectivity index (χ1n) is 4.92. The van der Waals surface area contributed by atoms with E-state index in [1.54, 1.807) is 11.3 Å². The lowest BCUT2D eigenvalue weighted by Crippen LogP contribution is -2.47. The Morgan fingerprint density at radius 2 is 2.57 bits per heavy atom. The molecule has 1 aromatic heterocycles. The molecule has 1 aliphatic heterocycles. The zero-order valence-electron chi connectivity index (χ0n) is 8.62. The average Bonchev–Trinajstić information content (AvgIpc) is 2.62. The fourth-order valence-corrected chi connectivity index (χ4v) is 2.70. The Morgan fingerprint density at radius 1 is 1.79 bits per heavy atom. The third kappa shape index (κ3) is 1.82. The van der Waals surface area contributed by atoms with Crippen LogP contribution < -0.4 is 5.73 Å². The zero-order valence-corrected chi connectivity index (χ0v) is 9.43. The van der Waals surface area contributed by atoms with Crippen LogP contribution in [0.3, 0.4) is 0 Å². The summed E-state index contributed by atoms with van der Waals surface area (Å²) in [5.74, 6) is 0. The number of hydrogen-bond acceptors (Lipinski definition) is 4. The first-order valence-corrected chi connectivity index (χ1v) is 5.80. The van der Waals surface area contributed by atoms with Crippen molar-refractivity contribution in [1.29, 1.82) is 0 Å². The molecule has 2 N–H and O–H groups in total. The van der Waals surface area contributed by atoms with Crippen molar-refractivity contribution >= 4 is 11.3 Å². The summed E-state index contributed by atoms with van der Waals surface area (Å²) in [5, 5.41) is 3.20. The van der Waals surface area contributed by atoms with Gasteiger partial charge in [0.05, 0.1) is 16.7 Å². The van der Waals surface area contributed by atoms with Crippen LogP contribution in [0.25, 0.3) is 0 Å². The van der Waals surface area contributed by atoms with Crippen LogP contribution >= 0.6 is 11.3 Å². The predicted molar refractivity (Wildman–Crippen MR) is 57.5 cm³/mol. The highest BCUT2D eigenvalue weighted by atomic mass is 32.1. The largest absolute Gasteiger partial charge is 0.377 e. The van der Waals surface area contributed by atoms with Gasteiger partial charge in [0.25, 0.3) is 0 Å². The normalized spacial score (nSPS) is 32.4. The molecule has 2 atom stereocenters. The number of hydrogen-bond donors (Lipinski definition) is 1. The topological polar surface area (TPSA) is 48.1 Å². The van der Waals surface area contributed by atoms with Gasteiger partial charge >= 0.3 is 0 Å². The molecule has 78 valence electrons. The monoisotopic (exact) mass is 212 g/mol. The van der Waals surface area contributed by atoms with Gasteiger partial charge in [0.1, 0.15) is 0 Å². The van der Waals surface area contributed by atoms with Crippen LogP contribution in [0.2, 0.25) is 0 Å². The third-order valence-corrected chi connectivity index (χ3v) is 3.86. The number of nitrogens with two attached hydrogens (primary N) is 1. The van der Waals surface area contributed by atoms with Crippen molar-refractivity contribution in [3.05, 3.63) is 16.1 Å². The van der Waals surface area contributed by atoms with Gasteiger partial charge in [-0.2, -0.15) is 0 Å². The Labute approximate surface area is 88.3 Å². The molecule has 0 aliphatic carbocycles. The molecule has 14 heavy (non-hydrogen) atoms. The van der Waals surface area contributed by atoms with E-state index < -0.39 is 0 Å². The van der Waals surface area contributed by atoms with E-state index in [0.29, 0.717) is 0 Å². The summed E-state index contributed by atoms with van der Waals surface area (Å²) in [4.78, 5) is 4.44. The van der Waals surface area contributed by atoms with Crippen molar-refractivity contribution in [3.63, 3.8) is 0 Å². The molecule has 2 unspecified atom stereocenters. The van der Waals surface area contributed by atoms with Gasteiger partial charge in [0.2, 0.25) is 0 Å². The van der Waals surface area contributed by atoms with Gasteiger partial charge in [0.15, 0.2) is 0 Å². The number of aromatic nitrogens is 1. The first kappa shape index (κ1) is 10.1. The van der Waals surface area contributed by atoms with E-state index in [1.807, 2.05) is 13.8 Å². The highest BCUT2D eigenvalue weighted by Crippen LogP contribution is 2.28. The minimum atomic E-state index is -0.204. The van der Waals surface area contributed by atoms with Crippen LogP contribution in [-0.2, 0) is 11.2 Å². The lowest BCUT2D eigenvalue weighted by molar-refractivity contribution is 0.0955. The van der Waals surface area contributed by atoms with Crippen molar-refractivity contribution < 1.29 is 4.74 Å². The van der Waals surface area contributed by atoms with Gasteiger partial charge < -0.3 is 10.5 Å². The molecule has 3 nitrogen and oxygen atoms in total. The summed E-state index contributed by atoms with van der Waals surface area (Å²) in [6.45, 7) is 4.84. The lowest BCUT2D eigenvalue weighted by Gasteiger charge is -2.26. The summed E-state index contributed by atoms with van der Waals surface area (Å²) in [7, 11) is 0. The Kier molecular flexibility index (Phi) is 2.60. The first-order chi connectivity index (χ1) is 6.60. The van der Waals surface area contributed by atoms with Gasteiger partial charge in [-0.1, -0.05) is 0 Å². The number of aryl methyl sites for hydroxylation is 1. The highest BCUT2D eigenvalue weighted by Gasteiger charge is 2.38. The molecule has 4 heteroatoms. The summed E-state index contributed by atoms with van der Waals surface area (Å²) in [6.07, 6.45) is 1.92. The van der Waals surface area contributed by atoms with E-state index >= 15 is 0 Å². The average molecular weight is 212 g/mol. The van der Waals surface area contributed by atoms with Gasteiger partial charge in [-0.15, -0.1) is 11.3 Å². The van der Waals surface area contributed by atoms with Crippen LogP contribution in [0.1, 0.15) is 24.0 Å². The fourth-order valence-electron chi connectivity index (χ4n) is 1.79. The van der Waals surface area contributed by atoms with Crippen LogP contribution in [0.5, 0.6) is 0 Å². The van der Waals surface area contributed by atoms with E-state index in [1.165, 1.54) is 0 Å². The van der Waals surface area contributed by atoms with Crippen LogP contribution in [-0.4, -0.2) is 23.2 Å². The minimum absolute atomic E-state index is 0.145. The standard InChI is InChI=1S/C10H16N2OS/c1-7-6-14-9(12-7)5-10(11)3-4-13-8(10)2/h6,8H,3-5,11H2,1-2H3. The van der Waals surface area contributed by atoms with Crippen molar-refractivity contribution in [3.8, 4) is 0 Å². The fraction of sp³-hybridized carbons (Fsp3) is 0.700. The number of rotatable bonds is 2. The predicted octanol–water partition coefficient (Wildman–Crippen LogP) is 1.50. The number of nitrogens with zero attached hydrogens (tertiary/aromatic N) is 1. The second kappa shape index (κ2) is 3.61. The van der Waals surface area contributed by atoms with E-state index in [4.69, 9.17) is 10.5 Å². The molecule has 1 fully saturated rings. The van der Waals surface area contributed by atoms with E-state index in [0.717, 1.165) is 30.2 Å². The second-order valence-electron chi connectivity index (χ2n) is 4.06. The van der Waals surface area contributed by atoms with Gasteiger partial charge in [-0.05, 0) is 20.3 Å². The molecule has 1 saturated heterocycles.